The molecule has 0 unspecified atom stereocenters. The molecule has 0 N–H and O–H groups in total. The Labute approximate surface area is 62.6 Å². The van der Waals surface area contributed by atoms with Gasteiger partial charge in [0.05, 0.1) is 6.61 Å². The largest absolute Gasteiger partial charge is 0.437 e. The molecule has 4 nitrogen and oxygen atoms in total. The van der Waals surface area contributed by atoms with Crippen molar-refractivity contribution in [3.05, 3.63) is 0 Å². The SMILES string of the molecule is O=C(F)CCCOS(=O)(=O)F. The highest BCUT2D eigenvalue weighted by Gasteiger charge is 2.06. The molecule has 0 radical (unpaired) electrons. The van der Waals surface area contributed by atoms with Crippen LogP contribution in [0.15, 0.2) is 0 Å². The molecule has 0 aromatic heterocycles. The minimum atomic E-state index is -4.96. The van der Waals surface area contributed by atoms with Crippen molar-refractivity contribution >= 4 is 16.5 Å². The van der Waals surface area contributed by atoms with Crippen molar-refractivity contribution < 1.29 is 25.7 Å². The highest BCUT2D eigenvalue weighted by molar-refractivity contribution is 7.81. The van der Waals surface area contributed by atoms with E-state index >= 15 is 0 Å². The van der Waals surface area contributed by atoms with E-state index in [1.807, 2.05) is 0 Å². The number of hydrogen-bond acceptors (Lipinski definition) is 4. The predicted octanol–water partition coefficient (Wildman–Crippen LogP) is 0.494. The van der Waals surface area contributed by atoms with Crippen LogP contribution in [0, 0.1) is 0 Å². The standard InChI is InChI=1S/C4H6F2O4S/c5-4(7)2-1-3-10-11(6,8)9/h1-3H2. The molecule has 0 aliphatic carbocycles. The minimum Gasteiger partial charge on any atom is -0.261 e. The molecule has 11 heavy (non-hydrogen) atoms. The van der Waals surface area contributed by atoms with Crippen LogP contribution in [0.25, 0.3) is 0 Å². The maximum Gasteiger partial charge on any atom is 0.437 e. The molecule has 0 aliphatic heterocycles. The lowest BCUT2D eigenvalue weighted by atomic mass is 10.3. The van der Waals surface area contributed by atoms with E-state index in [0.29, 0.717) is 0 Å². The van der Waals surface area contributed by atoms with Crippen LogP contribution in [-0.2, 0) is 19.5 Å². The fourth-order valence-corrected chi connectivity index (χ4v) is 0.687. The fraction of sp³-hybridized carbons (Fsp3) is 0.750. The maximum absolute atomic E-state index is 11.5. The molecule has 0 aromatic rings. The average molecular weight is 188 g/mol. The Morgan fingerprint density at radius 2 is 2.00 bits per heavy atom. The van der Waals surface area contributed by atoms with Crippen LogP contribution in [0.1, 0.15) is 12.8 Å². The van der Waals surface area contributed by atoms with Gasteiger partial charge in [0, 0.05) is 6.42 Å². The van der Waals surface area contributed by atoms with Crippen molar-refractivity contribution in [2.24, 2.45) is 0 Å². The summed E-state index contributed by atoms with van der Waals surface area (Å²) >= 11 is 0. The number of carbonyl (C=O) groups is 1. The summed E-state index contributed by atoms with van der Waals surface area (Å²) in [4.78, 5) is 9.60. The van der Waals surface area contributed by atoms with E-state index in [2.05, 4.69) is 4.18 Å². The summed E-state index contributed by atoms with van der Waals surface area (Å²) in [6.45, 7) is -0.519. The van der Waals surface area contributed by atoms with E-state index in [1.54, 1.807) is 0 Å². The first kappa shape index (κ1) is 10.4. The highest BCUT2D eigenvalue weighted by atomic mass is 32.3. The van der Waals surface area contributed by atoms with Crippen molar-refractivity contribution in [2.45, 2.75) is 12.8 Å². The van der Waals surface area contributed by atoms with Gasteiger partial charge >= 0.3 is 16.5 Å². The maximum atomic E-state index is 11.5. The molecule has 7 heteroatoms. The fourth-order valence-electron chi connectivity index (χ4n) is 0.370. The van der Waals surface area contributed by atoms with Crippen molar-refractivity contribution in [2.75, 3.05) is 6.61 Å². The molecule has 66 valence electrons. The quantitative estimate of drug-likeness (QED) is 0.465. The first-order valence-corrected chi connectivity index (χ1v) is 4.00. The predicted molar refractivity (Wildman–Crippen MR) is 31.3 cm³/mol. The Morgan fingerprint density at radius 3 is 2.36 bits per heavy atom. The van der Waals surface area contributed by atoms with Gasteiger partial charge in [-0.1, -0.05) is 3.89 Å². The molecule has 0 saturated heterocycles. The van der Waals surface area contributed by atoms with E-state index in [4.69, 9.17) is 0 Å². The molecular formula is C4H6F2O4S. The molecular weight excluding hydrogens is 182 g/mol. The van der Waals surface area contributed by atoms with Gasteiger partial charge in [-0.05, 0) is 6.42 Å². The lowest BCUT2D eigenvalue weighted by Gasteiger charge is -1.93. The van der Waals surface area contributed by atoms with E-state index in [9.17, 15) is 21.5 Å². The van der Waals surface area contributed by atoms with Crippen molar-refractivity contribution in [1.82, 2.24) is 0 Å². The van der Waals surface area contributed by atoms with Gasteiger partial charge in [-0.15, -0.1) is 0 Å². The third-order valence-electron chi connectivity index (χ3n) is 0.742. The molecule has 0 aromatic carbocycles. The summed E-state index contributed by atoms with van der Waals surface area (Å²) in [5, 5.41) is 0. The number of rotatable bonds is 5. The van der Waals surface area contributed by atoms with E-state index in [1.165, 1.54) is 0 Å². The molecule has 0 saturated carbocycles. The zero-order valence-electron chi connectivity index (χ0n) is 5.42. The van der Waals surface area contributed by atoms with Crippen LogP contribution >= 0.6 is 0 Å². The molecule has 0 fully saturated rings. The van der Waals surface area contributed by atoms with Gasteiger partial charge in [0.2, 0.25) is 0 Å². The van der Waals surface area contributed by atoms with Gasteiger partial charge in [0.15, 0.2) is 0 Å². The average Bonchev–Trinajstić information content (AvgIpc) is 1.78. The van der Waals surface area contributed by atoms with Gasteiger partial charge in [0.1, 0.15) is 0 Å². The Kier molecular flexibility index (Phi) is 4.12. The van der Waals surface area contributed by atoms with E-state index < -0.39 is 29.6 Å². The monoisotopic (exact) mass is 188 g/mol. The Hall–Kier alpha value is -0.560. The van der Waals surface area contributed by atoms with Crippen LogP contribution in [0.5, 0.6) is 0 Å². The second kappa shape index (κ2) is 4.35. The molecule has 0 spiro atoms. The zero-order valence-corrected chi connectivity index (χ0v) is 6.23. The molecule has 0 bridgehead atoms. The Morgan fingerprint density at radius 1 is 1.45 bits per heavy atom. The number of halogens is 2. The summed E-state index contributed by atoms with van der Waals surface area (Å²) in [6.07, 6.45) is -0.617. The summed E-state index contributed by atoms with van der Waals surface area (Å²) < 4.78 is 45.7. The van der Waals surface area contributed by atoms with Crippen LogP contribution in [0.3, 0.4) is 0 Å². The third-order valence-corrected chi connectivity index (χ3v) is 1.19. The third kappa shape index (κ3) is 9.44. The van der Waals surface area contributed by atoms with Crippen molar-refractivity contribution in [1.29, 1.82) is 0 Å². The second-order valence-corrected chi connectivity index (χ2v) is 2.70. The summed E-state index contributed by atoms with van der Waals surface area (Å²) in [7, 11) is -4.96. The first-order valence-electron chi connectivity index (χ1n) is 2.69. The van der Waals surface area contributed by atoms with Gasteiger partial charge < -0.3 is 0 Å². The lowest BCUT2D eigenvalue weighted by molar-refractivity contribution is -0.129. The van der Waals surface area contributed by atoms with Gasteiger partial charge in [-0.2, -0.15) is 12.8 Å². The van der Waals surface area contributed by atoms with Gasteiger partial charge in [-0.25, -0.2) is 4.18 Å². The van der Waals surface area contributed by atoms with Crippen LogP contribution in [0.4, 0.5) is 8.28 Å². The minimum absolute atomic E-state index is 0.154. The van der Waals surface area contributed by atoms with Gasteiger partial charge in [0.25, 0.3) is 0 Å². The van der Waals surface area contributed by atoms with Gasteiger partial charge in [-0.3, -0.25) is 4.79 Å². The first-order chi connectivity index (χ1) is 4.92. The zero-order chi connectivity index (χ0) is 8.91. The van der Waals surface area contributed by atoms with Crippen LogP contribution < -0.4 is 0 Å². The summed E-state index contributed by atoms with van der Waals surface area (Å²) in [5.74, 6) is 0. The van der Waals surface area contributed by atoms with Crippen LogP contribution in [-0.4, -0.2) is 21.1 Å². The lowest BCUT2D eigenvalue weighted by Crippen LogP contribution is -2.01. The number of hydrogen-bond donors (Lipinski definition) is 0. The smallest absolute Gasteiger partial charge is 0.261 e. The molecule has 0 rings (SSSR count). The molecule has 0 heterocycles. The molecule has 0 amide bonds. The molecule has 0 aliphatic rings. The van der Waals surface area contributed by atoms with Crippen LogP contribution in [0.2, 0.25) is 0 Å². The topological polar surface area (TPSA) is 60.4 Å². The summed E-state index contributed by atoms with van der Waals surface area (Å²) in [5.41, 5.74) is 0. The Bertz CT molecular complexity index is 222. The van der Waals surface area contributed by atoms with E-state index in [-0.39, 0.29) is 6.42 Å². The Balaban J connectivity index is 3.37. The normalized spacial score (nSPS) is 11.5. The highest BCUT2D eigenvalue weighted by Crippen LogP contribution is 1.98. The van der Waals surface area contributed by atoms with Crippen molar-refractivity contribution in [3.8, 4) is 0 Å². The van der Waals surface area contributed by atoms with Crippen molar-refractivity contribution in [3.63, 3.8) is 0 Å². The summed E-state index contributed by atoms with van der Waals surface area (Å²) in [6, 6.07) is -1.58. The van der Waals surface area contributed by atoms with E-state index in [0.717, 1.165) is 0 Å². The second-order valence-electron chi connectivity index (χ2n) is 1.67. The molecule has 0 atom stereocenters. The number of carbonyl (C=O) groups excluding carboxylic acids is 1.